The zero-order chi connectivity index (χ0) is 15.7. The Kier molecular flexibility index (Phi) is 8.84. The Bertz CT molecular complexity index is 260. The molecular formula is C18H38N2O. The average Bonchev–Trinajstić information content (AvgIpc) is 2.50. The number of ether oxygens (including phenoxy) is 1. The largest absolute Gasteiger partial charge is 0.372 e. The van der Waals surface area contributed by atoms with Crippen LogP contribution < -0.4 is 0 Å². The first kappa shape index (κ1) is 18.9. The molecule has 0 radical (unpaired) electrons. The van der Waals surface area contributed by atoms with E-state index in [2.05, 4.69) is 30.6 Å². The third kappa shape index (κ3) is 6.25. The lowest BCUT2D eigenvalue weighted by Gasteiger charge is -2.47. The molecule has 126 valence electrons. The summed E-state index contributed by atoms with van der Waals surface area (Å²) in [6.07, 6.45) is 5.14. The van der Waals surface area contributed by atoms with Crippen LogP contribution in [0, 0.1) is 5.92 Å². The van der Waals surface area contributed by atoms with E-state index in [0.29, 0.717) is 0 Å². The van der Waals surface area contributed by atoms with Crippen molar-refractivity contribution in [3.05, 3.63) is 0 Å². The Hall–Kier alpha value is -0.120. The molecule has 2 aliphatic rings. The molecule has 0 aromatic rings. The number of rotatable bonds is 5. The van der Waals surface area contributed by atoms with Crippen LogP contribution in [0.2, 0.25) is 0 Å². The van der Waals surface area contributed by atoms with Crippen LogP contribution in [-0.2, 0) is 4.74 Å². The molecule has 0 atom stereocenters. The molecule has 0 saturated carbocycles. The van der Waals surface area contributed by atoms with E-state index in [1.807, 2.05) is 13.8 Å². The van der Waals surface area contributed by atoms with Crippen molar-refractivity contribution >= 4 is 0 Å². The maximum Gasteiger partial charge on any atom is 0.0833 e. The fourth-order valence-corrected chi connectivity index (χ4v) is 3.42. The van der Waals surface area contributed by atoms with Crippen LogP contribution in [0.4, 0.5) is 0 Å². The van der Waals surface area contributed by atoms with Gasteiger partial charge in [0.1, 0.15) is 0 Å². The molecule has 2 heterocycles. The van der Waals surface area contributed by atoms with Crippen molar-refractivity contribution in [1.29, 1.82) is 0 Å². The average molecular weight is 299 g/mol. The Balaban J connectivity index is 0.00000106. The van der Waals surface area contributed by atoms with Crippen molar-refractivity contribution in [2.45, 2.75) is 65.9 Å². The Morgan fingerprint density at radius 2 is 1.71 bits per heavy atom. The summed E-state index contributed by atoms with van der Waals surface area (Å²) in [7, 11) is 0. The molecule has 3 nitrogen and oxygen atoms in total. The van der Waals surface area contributed by atoms with Gasteiger partial charge in [-0.1, -0.05) is 34.6 Å². The van der Waals surface area contributed by atoms with Crippen LogP contribution in [0.5, 0.6) is 0 Å². The van der Waals surface area contributed by atoms with Crippen LogP contribution in [0.15, 0.2) is 0 Å². The lowest BCUT2D eigenvalue weighted by Crippen LogP contribution is -2.56. The second-order valence-corrected chi connectivity index (χ2v) is 6.78. The van der Waals surface area contributed by atoms with Gasteiger partial charge in [0.15, 0.2) is 0 Å². The van der Waals surface area contributed by atoms with Crippen molar-refractivity contribution < 1.29 is 4.74 Å². The highest BCUT2D eigenvalue weighted by molar-refractivity contribution is 4.92. The van der Waals surface area contributed by atoms with Gasteiger partial charge in [0, 0.05) is 26.2 Å². The van der Waals surface area contributed by atoms with Crippen molar-refractivity contribution in [1.82, 2.24) is 9.80 Å². The monoisotopic (exact) mass is 298 g/mol. The Labute approximate surface area is 133 Å². The molecule has 0 unspecified atom stereocenters. The van der Waals surface area contributed by atoms with Crippen molar-refractivity contribution in [3.8, 4) is 0 Å². The van der Waals surface area contributed by atoms with Crippen molar-refractivity contribution in [2.24, 2.45) is 5.92 Å². The number of hydrogen-bond donors (Lipinski definition) is 0. The van der Waals surface area contributed by atoms with E-state index in [4.69, 9.17) is 4.74 Å². The SMILES string of the molecule is CC.CCN1CCC2(CC1)CN(CCCC(C)C)CCO2. The second-order valence-electron chi connectivity index (χ2n) is 6.78. The number of morpholine rings is 1. The third-order valence-electron chi connectivity index (χ3n) is 4.80. The highest BCUT2D eigenvalue weighted by Crippen LogP contribution is 2.30. The minimum Gasteiger partial charge on any atom is -0.372 e. The van der Waals surface area contributed by atoms with Gasteiger partial charge < -0.3 is 9.64 Å². The first-order chi connectivity index (χ1) is 10.1. The summed E-state index contributed by atoms with van der Waals surface area (Å²) in [5.74, 6) is 0.836. The smallest absolute Gasteiger partial charge is 0.0833 e. The van der Waals surface area contributed by atoms with E-state index in [-0.39, 0.29) is 5.60 Å². The standard InChI is InChI=1S/C16H32N2O.C2H6/c1-4-17-10-7-16(8-11-17)14-18(12-13-19-16)9-5-6-15(2)3;1-2/h15H,4-14H2,1-3H3;1-2H3. The molecule has 1 spiro atoms. The lowest BCUT2D eigenvalue weighted by molar-refractivity contribution is -0.135. The zero-order valence-electron chi connectivity index (χ0n) is 15.2. The molecule has 2 saturated heterocycles. The highest BCUT2D eigenvalue weighted by Gasteiger charge is 2.39. The predicted molar refractivity (Wildman–Crippen MR) is 91.9 cm³/mol. The molecule has 21 heavy (non-hydrogen) atoms. The van der Waals surface area contributed by atoms with Gasteiger partial charge in [-0.05, 0) is 44.7 Å². The van der Waals surface area contributed by atoms with E-state index in [1.165, 1.54) is 58.4 Å². The van der Waals surface area contributed by atoms with E-state index in [0.717, 1.165) is 19.1 Å². The molecule has 3 heteroatoms. The molecule has 2 fully saturated rings. The molecule has 0 bridgehead atoms. The normalized spacial score (nSPS) is 23.1. The van der Waals surface area contributed by atoms with Gasteiger partial charge >= 0.3 is 0 Å². The highest BCUT2D eigenvalue weighted by atomic mass is 16.5. The predicted octanol–water partition coefficient (Wildman–Crippen LogP) is 3.64. The second kappa shape index (κ2) is 9.81. The van der Waals surface area contributed by atoms with Crippen LogP contribution >= 0.6 is 0 Å². The summed E-state index contributed by atoms with van der Waals surface area (Å²) < 4.78 is 6.19. The van der Waals surface area contributed by atoms with E-state index in [9.17, 15) is 0 Å². The minimum atomic E-state index is 0.182. The van der Waals surface area contributed by atoms with E-state index < -0.39 is 0 Å². The first-order valence-corrected chi connectivity index (χ1v) is 9.22. The molecule has 0 aromatic carbocycles. The van der Waals surface area contributed by atoms with Crippen molar-refractivity contribution in [2.75, 3.05) is 45.9 Å². The molecule has 0 aromatic heterocycles. The topological polar surface area (TPSA) is 15.7 Å². The lowest BCUT2D eigenvalue weighted by atomic mass is 9.89. The number of nitrogens with zero attached hydrogens (tertiary/aromatic N) is 2. The number of hydrogen-bond acceptors (Lipinski definition) is 3. The summed E-state index contributed by atoms with van der Waals surface area (Å²) in [4.78, 5) is 5.19. The fourth-order valence-electron chi connectivity index (χ4n) is 3.42. The zero-order valence-corrected chi connectivity index (χ0v) is 15.2. The van der Waals surface area contributed by atoms with E-state index in [1.54, 1.807) is 0 Å². The van der Waals surface area contributed by atoms with Gasteiger partial charge in [-0.25, -0.2) is 0 Å². The summed E-state index contributed by atoms with van der Waals surface area (Å²) in [6.45, 7) is 19.0. The summed E-state index contributed by atoms with van der Waals surface area (Å²) >= 11 is 0. The van der Waals surface area contributed by atoms with Crippen molar-refractivity contribution in [3.63, 3.8) is 0 Å². The third-order valence-corrected chi connectivity index (χ3v) is 4.80. The molecule has 2 rings (SSSR count). The van der Waals surface area contributed by atoms with Gasteiger partial charge in [0.25, 0.3) is 0 Å². The van der Waals surface area contributed by atoms with E-state index >= 15 is 0 Å². The first-order valence-electron chi connectivity index (χ1n) is 9.22. The van der Waals surface area contributed by atoms with Gasteiger partial charge in [-0.15, -0.1) is 0 Å². The summed E-state index contributed by atoms with van der Waals surface area (Å²) in [5, 5.41) is 0. The van der Waals surface area contributed by atoms with Gasteiger partial charge in [-0.2, -0.15) is 0 Å². The van der Waals surface area contributed by atoms with Crippen LogP contribution in [-0.4, -0.2) is 61.3 Å². The van der Waals surface area contributed by atoms with Crippen LogP contribution in [0.3, 0.4) is 0 Å². The molecule has 0 N–H and O–H groups in total. The Morgan fingerprint density at radius 1 is 1.05 bits per heavy atom. The maximum absolute atomic E-state index is 6.19. The molecule has 2 aliphatic heterocycles. The minimum absolute atomic E-state index is 0.182. The number of likely N-dealkylation sites (tertiary alicyclic amines) is 1. The quantitative estimate of drug-likeness (QED) is 0.771. The summed E-state index contributed by atoms with van der Waals surface area (Å²) in [6, 6.07) is 0. The Morgan fingerprint density at radius 3 is 2.29 bits per heavy atom. The molecule has 0 aliphatic carbocycles. The van der Waals surface area contributed by atoms with Gasteiger partial charge in [0.05, 0.1) is 12.2 Å². The van der Waals surface area contributed by atoms with Gasteiger partial charge in [-0.3, -0.25) is 4.90 Å². The maximum atomic E-state index is 6.19. The van der Waals surface area contributed by atoms with Crippen LogP contribution in [0.25, 0.3) is 0 Å². The van der Waals surface area contributed by atoms with Gasteiger partial charge in [0.2, 0.25) is 0 Å². The fraction of sp³-hybridized carbons (Fsp3) is 1.00. The molecular weight excluding hydrogens is 260 g/mol. The summed E-state index contributed by atoms with van der Waals surface area (Å²) in [5.41, 5.74) is 0.182. The molecule has 0 amide bonds. The van der Waals surface area contributed by atoms with Crippen LogP contribution in [0.1, 0.15) is 60.3 Å². The number of piperidine rings is 1.